The van der Waals surface area contributed by atoms with E-state index in [0.29, 0.717) is 67.3 Å². The number of thiocarbonyl (C=S) groups is 4. The molecule has 0 unspecified atom stereocenters. The van der Waals surface area contributed by atoms with Gasteiger partial charge in [0, 0.05) is 81.9 Å². The van der Waals surface area contributed by atoms with E-state index < -0.39 is 41.9 Å². The lowest BCUT2D eigenvalue weighted by Gasteiger charge is -2.02. The van der Waals surface area contributed by atoms with E-state index >= 15 is 0 Å². The minimum absolute atomic E-state index is 0.0301. The number of nitrogens with two attached hydrogens (primary N) is 4. The quantitative estimate of drug-likeness (QED) is 0.0161. The number of rotatable bonds is 19. The third kappa shape index (κ3) is 19.8. The number of benzene rings is 8. The molecule has 0 aliphatic rings. The van der Waals surface area contributed by atoms with Crippen molar-refractivity contribution < 1.29 is 33.9 Å². The second kappa shape index (κ2) is 36.4. The molecule has 0 aliphatic heterocycles. The van der Waals surface area contributed by atoms with E-state index in [0.717, 1.165) is 18.7 Å². The Balaban J connectivity index is 0.000000170. The van der Waals surface area contributed by atoms with Gasteiger partial charge in [0.05, 0.1) is 80.9 Å². The fourth-order valence-electron chi connectivity index (χ4n) is 9.51. The van der Waals surface area contributed by atoms with Crippen LogP contribution in [0.1, 0.15) is 0 Å². The van der Waals surface area contributed by atoms with Crippen LogP contribution >= 0.6 is 60.5 Å². The van der Waals surface area contributed by atoms with E-state index in [4.69, 9.17) is 97.6 Å². The van der Waals surface area contributed by atoms with Crippen molar-refractivity contribution in [2.75, 3.05) is 21.3 Å². The van der Waals surface area contributed by atoms with Crippen LogP contribution in [0.15, 0.2) is 254 Å². The minimum Gasteiger partial charge on any atom is -0.497 e. The van der Waals surface area contributed by atoms with Gasteiger partial charge in [-0.1, -0.05) is 35.9 Å². The molecule has 44 heteroatoms. The molecule has 4 aromatic heterocycles. The molecule has 0 atom stereocenters. The summed E-state index contributed by atoms with van der Waals surface area (Å²) in [6.45, 7) is 0. The van der Waals surface area contributed by atoms with Gasteiger partial charge >= 0.3 is 22.2 Å². The molecule has 0 amide bonds. The maximum absolute atomic E-state index is 12.6. The van der Waals surface area contributed by atoms with Crippen molar-refractivity contribution in [3.05, 3.63) is 281 Å². The molecule has 0 fully saturated rings. The number of halogens is 1. The molecule has 12 N–H and O–H groups in total. The highest BCUT2D eigenvalue weighted by Gasteiger charge is 2.23. The first-order valence-electron chi connectivity index (χ1n) is 31.0. The smallest absolute Gasteiger partial charge is 0.301 e. The highest BCUT2D eigenvalue weighted by molar-refractivity contribution is 7.80. The van der Waals surface area contributed by atoms with Crippen LogP contribution in [0.4, 0.5) is 68.2 Å². The van der Waals surface area contributed by atoms with Crippen LogP contribution in [0.25, 0.3) is 45.0 Å². The Bertz CT molecular complexity index is 5950. The lowest BCUT2D eigenvalue weighted by molar-refractivity contribution is -0.385. The molecule has 4 heterocycles. The molecule has 12 rings (SSSR count). The molecule has 39 nitrogen and oxygen atoms in total. The Kier molecular flexibility index (Phi) is 26.3. The minimum atomic E-state index is -0.598. The topological polar surface area (TPSA) is 554 Å². The molecule has 0 spiro atoms. The number of nitro groups is 4. The summed E-state index contributed by atoms with van der Waals surface area (Å²) in [5, 5.41) is 86.4. The molecule has 0 radical (unpaired) electrons. The standard InChI is InChI=1S/3C17H14N6O4S.C16H11ClN6O3S/c1-27-13-8-4-11(5-9-13)19-20-15-14(21-22(16(15)24)17(18)28)10-2-6-12(7-3-10)23(25)26;1-27-13-4-2-3-11(9-13)19-20-15-14(21-22(16(15)24)17(18)28)10-5-7-12(8-6-10)23(25)26;1-27-13-5-3-2-4-12(13)19-20-15-14(21-22(16(15)24)17(18)28)10-6-8-11(9-7-10)23(25)26;17-10-2-1-3-11(8-10)19-20-14-13(21-22(15(14)24)16(18)27)9-4-6-12(7-5-9)23(25)26/h3*2-9,21H,1H3,(H2,18,28);1-8,21H,(H2,18,27). The third-order valence-corrected chi connectivity index (χ3v) is 15.9. The molecule has 562 valence electrons. The predicted molar refractivity (Wildman–Crippen MR) is 424 cm³/mol. The number of nitrogens with one attached hydrogen (secondary N) is 4. The van der Waals surface area contributed by atoms with E-state index in [2.05, 4.69) is 61.3 Å². The maximum Gasteiger partial charge on any atom is 0.301 e. The summed E-state index contributed by atoms with van der Waals surface area (Å²) in [5.74, 6) is 1.72. The second-order valence-electron chi connectivity index (χ2n) is 21.8. The van der Waals surface area contributed by atoms with Crippen molar-refractivity contribution in [1.29, 1.82) is 0 Å². The molecule has 8 aromatic carbocycles. The number of aromatic amines is 4. The van der Waals surface area contributed by atoms with Crippen LogP contribution < -0.4 is 59.4 Å². The Labute approximate surface area is 647 Å². The molecule has 111 heavy (non-hydrogen) atoms. The van der Waals surface area contributed by atoms with Crippen LogP contribution in [0.3, 0.4) is 0 Å². The molecule has 0 bridgehead atoms. The molecule has 12 aromatic rings. The van der Waals surface area contributed by atoms with Gasteiger partial charge in [0.1, 0.15) is 22.9 Å². The zero-order chi connectivity index (χ0) is 80.3. The zero-order valence-electron chi connectivity index (χ0n) is 57.1. The number of hydrogen-bond donors (Lipinski definition) is 8. The highest BCUT2D eigenvalue weighted by atomic mass is 35.5. The summed E-state index contributed by atoms with van der Waals surface area (Å²) in [4.78, 5) is 91.6. The molecule has 0 saturated heterocycles. The van der Waals surface area contributed by atoms with Crippen molar-refractivity contribution >= 4 is 149 Å². The fourth-order valence-corrected chi connectivity index (χ4v) is 10.2. The summed E-state index contributed by atoms with van der Waals surface area (Å²) in [7, 11) is 4.56. The monoisotopic (exact) mass is 1600 g/mol. The molecule has 0 saturated carbocycles. The average Bonchev–Trinajstić information content (AvgIpc) is 1.67. The largest absolute Gasteiger partial charge is 0.497 e. The van der Waals surface area contributed by atoms with Crippen molar-refractivity contribution in [3.8, 4) is 62.3 Å². The highest BCUT2D eigenvalue weighted by Crippen LogP contribution is 2.35. The number of non-ortho nitro benzene ring substituents is 4. The van der Waals surface area contributed by atoms with Crippen molar-refractivity contribution in [1.82, 2.24) is 39.1 Å². The first kappa shape index (κ1) is 80.2. The predicted octanol–water partition coefficient (Wildman–Crippen LogP) is 13.7. The molecule has 0 aliphatic carbocycles. The summed E-state index contributed by atoms with van der Waals surface area (Å²) < 4.78 is 19.2. The summed E-state index contributed by atoms with van der Waals surface area (Å²) >= 11 is 25.4. The van der Waals surface area contributed by atoms with Crippen LogP contribution in [-0.4, -0.2) is 101 Å². The maximum atomic E-state index is 12.6. The number of methoxy groups -OCH3 is 3. The number of hydrogen-bond acceptors (Lipinski definition) is 27. The van der Waals surface area contributed by atoms with Gasteiger partial charge in [0.2, 0.25) is 0 Å². The number of azo groups is 4. The summed E-state index contributed by atoms with van der Waals surface area (Å²) in [6, 6.07) is 49.5. The SMILES string of the molecule is COc1ccc(N=Nc2c(-c3ccc([N+](=O)[O-])cc3)[nH]n(C(N)=S)c2=O)cc1.COc1cccc(N=Nc2c(-c3ccc([N+](=O)[O-])cc3)[nH]n(C(N)=S)c2=O)c1.COc1ccccc1N=Nc1c(-c2ccc([N+](=O)[O-])cc2)[nH]n(C(N)=S)c1=O.NC(=S)n1[nH]c(-c2ccc([N+](=O)[O-])cc2)c(N=Nc2cccc(Cl)c2)c1=O. The van der Waals surface area contributed by atoms with E-state index in [-0.39, 0.29) is 88.7 Å². The number of nitro benzene ring substituents is 4. The summed E-state index contributed by atoms with van der Waals surface area (Å²) in [5.41, 5.74) is 24.2. The van der Waals surface area contributed by atoms with Gasteiger partial charge in [0.15, 0.2) is 43.2 Å². The Morgan fingerprint density at radius 3 is 0.973 bits per heavy atom. The summed E-state index contributed by atoms with van der Waals surface area (Å²) in [6.07, 6.45) is 0. The lowest BCUT2D eigenvalue weighted by atomic mass is 10.1. The lowest BCUT2D eigenvalue weighted by Crippen LogP contribution is -2.29. The van der Waals surface area contributed by atoms with Gasteiger partial charge in [-0.15, -0.1) is 25.6 Å². The van der Waals surface area contributed by atoms with Gasteiger partial charge in [0.25, 0.3) is 22.7 Å². The second-order valence-corrected chi connectivity index (χ2v) is 23.9. The normalized spacial score (nSPS) is 10.9. The van der Waals surface area contributed by atoms with E-state index in [9.17, 15) is 59.6 Å². The average molecular weight is 1600 g/mol. The van der Waals surface area contributed by atoms with Gasteiger partial charge in [-0.25, -0.2) is 0 Å². The fraction of sp³-hybridized carbons (Fsp3) is 0.0448. The zero-order valence-corrected chi connectivity index (χ0v) is 61.1. The number of H-pyrrole nitrogens is 4. The number of para-hydroxylation sites is 1. The Morgan fingerprint density at radius 2 is 0.667 bits per heavy atom. The van der Waals surface area contributed by atoms with Crippen LogP contribution in [0, 0.1) is 40.5 Å². The first-order valence-corrected chi connectivity index (χ1v) is 33.0. The van der Waals surface area contributed by atoms with Gasteiger partial charge < -0.3 is 37.1 Å². The Morgan fingerprint density at radius 1 is 0.360 bits per heavy atom. The number of aromatic nitrogens is 8. The van der Waals surface area contributed by atoms with E-state index in [1.165, 1.54) is 111 Å². The first-order chi connectivity index (χ1) is 53.1. The van der Waals surface area contributed by atoms with Crippen LogP contribution in [0.5, 0.6) is 17.2 Å². The van der Waals surface area contributed by atoms with E-state index in [1.54, 1.807) is 104 Å². The van der Waals surface area contributed by atoms with Crippen LogP contribution in [-0.2, 0) is 0 Å². The van der Waals surface area contributed by atoms with Crippen LogP contribution in [0.2, 0.25) is 5.02 Å². The van der Waals surface area contributed by atoms with Crippen molar-refractivity contribution in [2.45, 2.75) is 0 Å². The molecular formula is C67H53ClN24O15S4. The van der Waals surface area contributed by atoms with Crippen molar-refractivity contribution in [2.24, 2.45) is 63.8 Å². The van der Waals surface area contributed by atoms with Gasteiger partial charge in [-0.3, -0.25) is 80.0 Å². The van der Waals surface area contributed by atoms with Gasteiger partial charge in [-0.2, -0.15) is 34.1 Å². The number of ether oxygens (including phenoxy) is 3. The van der Waals surface area contributed by atoms with E-state index in [1.807, 2.05) is 0 Å². The molecular weight excluding hydrogens is 1540 g/mol. The van der Waals surface area contributed by atoms with Gasteiger partial charge in [-0.05, 0) is 164 Å². The third-order valence-electron chi connectivity index (χ3n) is 14.9. The number of nitrogens with zero attached hydrogens (tertiary/aromatic N) is 16. The van der Waals surface area contributed by atoms with Crippen molar-refractivity contribution in [3.63, 3.8) is 0 Å². The Hall–Kier alpha value is -15.0.